The summed E-state index contributed by atoms with van der Waals surface area (Å²) in [5.41, 5.74) is 1.88. The standard InChI is InChI=1S/C13H17N3O2/c1-13(2,3)16-11(17)7-8-4-5-9-10(6-8)15-12(18)14-9/h4-6H,7H2,1-3H3,(H,16,17)(H2,14,15,18). The van der Waals surface area contributed by atoms with E-state index in [0.717, 1.165) is 16.6 Å². The van der Waals surface area contributed by atoms with Crippen LogP contribution < -0.4 is 11.0 Å². The molecular formula is C13H17N3O2. The molecule has 1 amide bonds. The third-order valence-corrected chi connectivity index (χ3v) is 2.46. The van der Waals surface area contributed by atoms with Crippen LogP contribution in [0.15, 0.2) is 23.0 Å². The summed E-state index contributed by atoms with van der Waals surface area (Å²) in [6.07, 6.45) is 0.306. The van der Waals surface area contributed by atoms with Gasteiger partial charge in [-0.15, -0.1) is 0 Å². The van der Waals surface area contributed by atoms with Crippen molar-refractivity contribution in [2.45, 2.75) is 32.7 Å². The van der Waals surface area contributed by atoms with Gasteiger partial charge in [0.05, 0.1) is 17.5 Å². The number of rotatable bonds is 2. The van der Waals surface area contributed by atoms with E-state index in [9.17, 15) is 9.59 Å². The molecule has 2 rings (SSSR count). The summed E-state index contributed by atoms with van der Waals surface area (Å²) in [4.78, 5) is 28.2. The molecule has 0 radical (unpaired) electrons. The van der Waals surface area contributed by atoms with Crippen LogP contribution in [0.1, 0.15) is 26.3 Å². The van der Waals surface area contributed by atoms with Crippen molar-refractivity contribution in [2.75, 3.05) is 0 Å². The lowest BCUT2D eigenvalue weighted by Crippen LogP contribution is -2.41. The fourth-order valence-corrected chi connectivity index (χ4v) is 1.84. The first kappa shape index (κ1) is 12.4. The lowest BCUT2D eigenvalue weighted by Gasteiger charge is -2.20. The van der Waals surface area contributed by atoms with Crippen LogP contribution in [0.3, 0.4) is 0 Å². The monoisotopic (exact) mass is 247 g/mol. The number of fused-ring (bicyclic) bond motifs is 1. The average molecular weight is 247 g/mol. The molecule has 0 aliphatic carbocycles. The van der Waals surface area contributed by atoms with Gasteiger partial charge < -0.3 is 15.3 Å². The Balaban J connectivity index is 2.17. The Morgan fingerprint density at radius 2 is 1.89 bits per heavy atom. The van der Waals surface area contributed by atoms with Gasteiger partial charge in [0.2, 0.25) is 5.91 Å². The zero-order valence-corrected chi connectivity index (χ0v) is 10.8. The van der Waals surface area contributed by atoms with E-state index in [4.69, 9.17) is 0 Å². The highest BCUT2D eigenvalue weighted by Crippen LogP contribution is 2.11. The topological polar surface area (TPSA) is 77.8 Å². The van der Waals surface area contributed by atoms with Gasteiger partial charge in [0.15, 0.2) is 0 Å². The second-order valence-electron chi connectivity index (χ2n) is 5.43. The molecule has 0 saturated heterocycles. The van der Waals surface area contributed by atoms with Crippen LogP contribution in [0, 0.1) is 0 Å². The first-order valence-corrected chi connectivity index (χ1v) is 5.85. The number of H-pyrrole nitrogens is 2. The van der Waals surface area contributed by atoms with Crippen molar-refractivity contribution in [1.82, 2.24) is 15.3 Å². The van der Waals surface area contributed by atoms with Crippen molar-refractivity contribution in [1.29, 1.82) is 0 Å². The zero-order valence-electron chi connectivity index (χ0n) is 10.8. The maximum Gasteiger partial charge on any atom is 0.323 e. The Labute approximate surface area is 105 Å². The van der Waals surface area contributed by atoms with Crippen LogP contribution >= 0.6 is 0 Å². The van der Waals surface area contributed by atoms with Crippen molar-refractivity contribution in [3.8, 4) is 0 Å². The van der Waals surface area contributed by atoms with Crippen molar-refractivity contribution in [3.05, 3.63) is 34.2 Å². The van der Waals surface area contributed by atoms with Gasteiger partial charge >= 0.3 is 5.69 Å². The van der Waals surface area contributed by atoms with Crippen LogP contribution in [0.25, 0.3) is 11.0 Å². The predicted octanol–water partition coefficient (Wildman–Crippen LogP) is 1.31. The van der Waals surface area contributed by atoms with Crippen LogP contribution in [-0.2, 0) is 11.2 Å². The van der Waals surface area contributed by atoms with Crippen LogP contribution in [0.2, 0.25) is 0 Å². The number of imidazole rings is 1. The molecule has 5 heteroatoms. The average Bonchev–Trinajstić information content (AvgIpc) is 2.53. The van der Waals surface area contributed by atoms with Gasteiger partial charge in [-0.05, 0) is 38.5 Å². The van der Waals surface area contributed by atoms with Crippen molar-refractivity contribution < 1.29 is 4.79 Å². The molecule has 5 nitrogen and oxygen atoms in total. The van der Waals surface area contributed by atoms with Gasteiger partial charge in [-0.2, -0.15) is 0 Å². The van der Waals surface area contributed by atoms with Crippen molar-refractivity contribution in [3.63, 3.8) is 0 Å². The van der Waals surface area contributed by atoms with E-state index in [1.807, 2.05) is 32.9 Å². The van der Waals surface area contributed by atoms with Gasteiger partial charge in [0.1, 0.15) is 0 Å². The molecule has 18 heavy (non-hydrogen) atoms. The number of carbonyl (C=O) groups is 1. The van der Waals surface area contributed by atoms with Crippen molar-refractivity contribution in [2.24, 2.45) is 0 Å². The summed E-state index contributed by atoms with van der Waals surface area (Å²) in [7, 11) is 0. The molecule has 0 aliphatic heterocycles. The fourth-order valence-electron chi connectivity index (χ4n) is 1.84. The summed E-state index contributed by atoms with van der Waals surface area (Å²) in [5.74, 6) is -0.0280. The zero-order chi connectivity index (χ0) is 13.3. The second-order valence-corrected chi connectivity index (χ2v) is 5.43. The van der Waals surface area contributed by atoms with E-state index in [2.05, 4.69) is 15.3 Å². The SMILES string of the molecule is CC(C)(C)NC(=O)Cc1ccc2[nH]c(=O)[nH]c2c1. The number of aromatic amines is 2. The Morgan fingerprint density at radius 1 is 1.22 bits per heavy atom. The van der Waals surface area contributed by atoms with E-state index in [-0.39, 0.29) is 17.1 Å². The quantitative estimate of drug-likeness (QED) is 0.748. The highest BCUT2D eigenvalue weighted by Gasteiger charge is 2.14. The molecule has 0 aliphatic rings. The number of benzene rings is 1. The minimum Gasteiger partial charge on any atom is -0.351 e. The Kier molecular flexibility index (Phi) is 2.98. The van der Waals surface area contributed by atoms with E-state index in [1.54, 1.807) is 6.07 Å². The molecule has 0 bridgehead atoms. The summed E-state index contributed by atoms with van der Waals surface area (Å²) in [6, 6.07) is 5.46. The molecule has 3 N–H and O–H groups in total. The lowest BCUT2D eigenvalue weighted by atomic mass is 10.1. The van der Waals surface area contributed by atoms with Crippen molar-refractivity contribution >= 4 is 16.9 Å². The van der Waals surface area contributed by atoms with Crippen LogP contribution in [0.5, 0.6) is 0 Å². The summed E-state index contributed by atoms with van der Waals surface area (Å²) >= 11 is 0. The molecule has 0 spiro atoms. The molecule has 96 valence electrons. The van der Waals surface area contributed by atoms with E-state index >= 15 is 0 Å². The molecule has 0 atom stereocenters. The number of amides is 1. The normalized spacial score (nSPS) is 11.7. The molecule has 1 aromatic heterocycles. The van der Waals surface area contributed by atoms with E-state index in [1.165, 1.54) is 0 Å². The van der Waals surface area contributed by atoms with Gasteiger partial charge in [0, 0.05) is 5.54 Å². The maximum atomic E-state index is 11.8. The Morgan fingerprint density at radius 3 is 2.56 bits per heavy atom. The molecule has 1 heterocycles. The fraction of sp³-hybridized carbons (Fsp3) is 0.385. The number of aromatic nitrogens is 2. The second kappa shape index (κ2) is 4.33. The lowest BCUT2D eigenvalue weighted by molar-refractivity contribution is -0.121. The molecule has 0 fully saturated rings. The highest BCUT2D eigenvalue weighted by atomic mass is 16.2. The Hall–Kier alpha value is -2.04. The number of nitrogens with one attached hydrogen (secondary N) is 3. The predicted molar refractivity (Wildman–Crippen MR) is 70.5 cm³/mol. The third-order valence-electron chi connectivity index (χ3n) is 2.46. The summed E-state index contributed by atoms with van der Waals surface area (Å²) < 4.78 is 0. The molecule has 2 aromatic rings. The summed E-state index contributed by atoms with van der Waals surface area (Å²) in [5, 5.41) is 2.90. The van der Waals surface area contributed by atoms with Gasteiger partial charge in [-0.25, -0.2) is 4.79 Å². The van der Waals surface area contributed by atoms with Crippen LogP contribution in [-0.4, -0.2) is 21.4 Å². The Bertz CT molecular complexity index is 631. The minimum atomic E-state index is -0.235. The first-order chi connectivity index (χ1) is 8.33. The first-order valence-electron chi connectivity index (χ1n) is 5.85. The number of hydrogen-bond donors (Lipinski definition) is 3. The van der Waals surface area contributed by atoms with Crippen LogP contribution in [0.4, 0.5) is 0 Å². The molecular weight excluding hydrogens is 230 g/mol. The minimum absolute atomic E-state index is 0.0280. The molecule has 1 aromatic carbocycles. The van der Waals surface area contributed by atoms with E-state index in [0.29, 0.717) is 6.42 Å². The smallest absolute Gasteiger partial charge is 0.323 e. The largest absolute Gasteiger partial charge is 0.351 e. The highest BCUT2D eigenvalue weighted by molar-refractivity contribution is 5.81. The van der Waals surface area contributed by atoms with Gasteiger partial charge in [-0.3, -0.25) is 4.79 Å². The molecule has 0 unspecified atom stereocenters. The maximum absolute atomic E-state index is 11.8. The van der Waals surface area contributed by atoms with E-state index < -0.39 is 0 Å². The van der Waals surface area contributed by atoms with Gasteiger partial charge in [0.25, 0.3) is 0 Å². The summed E-state index contributed by atoms with van der Waals surface area (Å²) in [6.45, 7) is 5.83. The number of hydrogen-bond acceptors (Lipinski definition) is 2. The third kappa shape index (κ3) is 3.00. The van der Waals surface area contributed by atoms with Gasteiger partial charge in [-0.1, -0.05) is 6.07 Å². The number of carbonyl (C=O) groups excluding carboxylic acids is 1. The molecule has 0 saturated carbocycles.